The van der Waals surface area contributed by atoms with E-state index in [1.54, 1.807) is 0 Å². The van der Waals surface area contributed by atoms with E-state index in [0.29, 0.717) is 0 Å². The fourth-order valence-corrected chi connectivity index (χ4v) is 3.24. The molecule has 0 amide bonds. The molecule has 0 bridgehead atoms. The third-order valence-electron chi connectivity index (χ3n) is 2.95. The van der Waals surface area contributed by atoms with Crippen LogP contribution in [0.2, 0.25) is 0 Å². The van der Waals surface area contributed by atoms with E-state index in [9.17, 15) is 0 Å². The number of aromatic nitrogens is 1. The van der Waals surface area contributed by atoms with Crippen LogP contribution in [0.25, 0.3) is 0 Å². The van der Waals surface area contributed by atoms with Gasteiger partial charge in [0.2, 0.25) is 0 Å². The second-order valence-corrected chi connectivity index (χ2v) is 6.78. The van der Waals surface area contributed by atoms with E-state index in [-0.39, 0.29) is 0 Å². The summed E-state index contributed by atoms with van der Waals surface area (Å²) in [5.74, 6) is 0. The maximum atomic E-state index is 4.59. The summed E-state index contributed by atoms with van der Waals surface area (Å²) < 4.78 is 0. The summed E-state index contributed by atoms with van der Waals surface area (Å²) in [7, 11) is 0. The first-order chi connectivity index (χ1) is 7.15. The summed E-state index contributed by atoms with van der Waals surface area (Å²) in [5, 5.41) is 1.28. The Balaban J connectivity index is 1.91. The smallest absolute Gasteiger partial charge is 0.107 e. The van der Waals surface area contributed by atoms with Crippen molar-refractivity contribution in [3.05, 3.63) is 15.6 Å². The van der Waals surface area contributed by atoms with Crippen LogP contribution in [0.3, 0.4) is 0 Å². The fraction of sp³-hybridized carbons (Fsp3) is 0.727. The molecule has 2 rings (SSSR count). The molecule has 1 aromatic rings. The SMILES string of the molecule is Cc1nc(CN2CCC(Br)CC2)sc1C. The van der Waals surface area contributed by atoms with Gasteiger partial charge < -0.3 is 0 Å². The Kier molecular flexibility index (Phi) is 3.80. The Morgan fingerprint density at radius 2 is 2.07 bits per heavy atom. The lowest BCUT2D eigenvalue weighted by molar-refractivity contribution is 0.226. The summed E-state index contributed by atoms with van der Waals surface area (Å²) >= 11 is 5.52. The molecule has 84 valence electrons. The Morgan fingerprint density at radius 3 is 2.60 bits per heavy atom. The molecule has 0 radical (unpaired) electrons. The third kappa shape index (κ3) is 3.02. The Labute approximate surface area is 104 Å². The fourth-order valence-electron chi connectivity index (χ4n) is 1.86. The van der Waals surface area contributed by atoms with Gasteiger partial charge >= 0.3 is 0 Å². The summed E-state index contributed by atoms with van der Waals surface area (Å²) in [6.07, 6.45) is 2.53. The molecule has 15 heavy (non-hydrogen) atoms. The first-order valence-corrected chi connectivity index (χ1v) is 7.17. The van der Waals surface area contributed by atoms with Crippen LogP contribution >= 0.6 is 27.3 Å². The number of aryl methyl sites for hydroxylation is 2. The predicted octanol–water partition coefficient (Wildman–Crippen LogP) is 3.12. The minimum Gasteiger partial charge on any atom is -0.297 e. The maximum absolute atomic E-state index is 4.59. The number of hydrogen-bond acceptors (Lipinski definition) is 3. The van der Waals surface area contributed by atoms with Crippen molar-refractivity contribution in [2.75, 3.05) is 13.1 Å². The van der Waals surface area contributed by atoms with E-state index in [2.05, 4.69) is 39.7 Å². The van der Waals surface area contributed by atoms with Crippen molar-refractivity contribution in [2.45, 2.75) is 38.1 Å². The average molecular weight is 289 g/mol. The summed E-state index contributed by atoms with van der Waals surface area (Å²) in [6.45, 7) is 7.70. The van der Waals surface area contributed by atoms with Gasteiger partial charge in [-0.1, -0.05) is 15.9 Å². The first kappa shape index (κ1) is 11.6. The zero-order chi connectivity index (χ0) is 10.8. The monoisotopic (exact) mass is 288 g/mol. The lowest BCUT2D eigenvalue weighted by atomic mass is 10.1. The van der Waals surface area contributed by atoms with Gasteiger partial charge in [-0.15, -0.1) is 11.3 Å². The van der Waals surface area contributed by atoms with Crippen molar-refractivity contribution < 1.29 is 0 Å². The van der Waals surface area contributed by atoms with Crippen molar-refractivity contribution in [3.8, 4) is 0 Å². The van der Waals surface area contributed by atoms with Crippen molar-refractivity contribution in [1.29, 1.82) is 0 Å². The Hall–Kier alpha value is 0.0700. The summed E-state index contributed by atoms with van der Waals surface area (Å²) in [5.41, 5.74) is 1.20. The van der Waals surface area contributed by atoms with Gasteiger partial charge in [0.25, 0.3) is 0 Å². The van der Waals surface area contributed by atoms with Gasteiger partial charge in [0.15, 0.2) is 0 Å². The van der Waals surface area contributed by atoms with Gasteiger partial charge in [0, 0.05) is 9.70 Å². The summed E-state index contributed by atoms with van der Waals surface area (Å²) in [4.78, 5) is 9.19. The molecule has 1 saturated heterocycles. The number of likely N-dealkylation sites (tertiary alicyclic amines) is 1. The highest BCUT2D eigenvalue weighted by Crippen LogP contribution is 2.22. The summed E-state index contributed by atoms with van der Waals surface area (Å²) in [6, 6.07) is 0. The Morgan fingerprint density at radius 1 is 1.40 bits per heavy atom. The molecule has 0 saturated carbocycles. The van der Waals surface area contributed by atoms with Crippen LogP contribution in [0.4, 0.5) is 0 Å². The van der Waals surface area contributed by atoms with Crippen molar-refractivity contribution in [3.63, 3.8) is 0 Å². The highest BCUT2D eigenvalue weighted by molar-refractivity contribution is 9.09. The van der Waals surface area contributed by atoms with Gasteiger partial charge in [-0.3, -0.25) is 4.90 Å². The van der Waals surface area contributed by atoms with Crippen LogP contribution in [0.5, 0.6) is 0 Å². The molecule has 2 nitrogen and oxygen atoms in total. The molecular weight excluding hydrogens is 272 g/mol. The highest BCUT2D eigenvalue weighted by atomic mass is 79.9. The number of alkyl halides is 1. The standard InChI is InChI=1S/C11H17BrN2S/c1-8-9(2)15-11(13-8)7-14-5-3-10(12)4-6-14/h10H,3-7H2,1-2H3. The van der Waals surface area contributed by atoms with Crippen LogP contribution in [0, 0.1) is 13.8 Å². The van der Waals surface area contributed by atoms with Crippen molar-refractivity contribution >= 4 is 27.3 Å². The zero-order valence-electron chi connectivity index (χ0n) is 9.29. The first-order valence-electron chi connectivity index (χ1n) is 5.44. The molecule has 0 unspecified atom stereocenters. The van der Waals surface area contributed by atoms with Gasteiger partial charge in [-0.2, -0.15) is 0 Å². The molecule has 4 heteroatoms. The molecular formula is C11H17BrN2S. The normalized spacial score (nSPS) is 19.7. The van der Waals surface area contributed by atoms with Crippen LogP contribution in [0.1, 0.15) is 28.4 Å². The van der Waals surface area contributed by atoms with E-state index in [4.69, 9.17) is 0 Å². The van der Waals surface area contributed by atoms with Crippen molar-refractivity contribution in [2.24, 2.45) is 0 Å². The number of thiazole rings is 1. The number of nitrogens with zero attached hydrogens (tertiary/aromatic N) is 2. The van der Waals surface area contributed by atoms with E-state index >= 15 is 0 Å². The highest BCUT2D eigenvalue weighted by Gasteiger charge is 2.17. The molecule has 0 atom stereocenters. The zero-order valence-corrected chi connectivity index (χ0v) is 11.7. The van der Waals surface area contributed by atoms with E-state index in [0.717, 1.165) is 11.4 Å². The lowest BCUT2D eigenvalue weighted by Crippen LogP contribution is -2.33. The number of piperidine rings is 1. The lowest BCUT2D eigenvalue weighted by Gasteiger charge is -2.28. The van der Waals surface area contributed by atoms with E-state index < -0.39 is 0 Å². The molecule has 1 aromatic heterocycles. The van der Waals surface area contributed by atoms with E-state index in [1.807, 2.05) is 11.3 Å². The van der Waals surface area contributed by atoms with Crippen LogP contribution in [-0.4, -0.2) is 27.8 Å². The van der Waals surface area contributed by atoms with Crippen molar-refractivity contribution in [1.82, 2.24) is 9.88 Å². The van der Waals surface area contributed by atoms with Crippen LogP contribution in [0.15, 0.2) is 0 Å². The van der Waals surface area contributed by atoms with E-state index in [1.165, 1.54) is 41.5 Å². The van der Waals surface area contributed by atoms with Gasteiger partial charge in [0.1, 0.15) is 5.01 Å². The van der Waals surface area contributed by atoms with Crippen LogP contribution in [-0.2, 0) is 6.54 Å². The van der Waals surface area contributed by atoms with Gasteiger partial charge in [-0.05, 0) is 39.8 Å². The molecule has 2 heterocycles. The van der Waals surface area contributed by atoms with Gasteiger partial charge in [-0.25, -0.2) is 4.98 Å². The molecule has 0 spiro atoms. The number of rotatable bonds is 2. The molecule has 0 N–H and O–H groups in total. The quantitative estimate of drug-likeness (QED) is 0.778. The second-order valence-electron chi connectivity index (χ2n) is 4.20. The largest absolute Gasteiger partial charge is 0.297 e. The third-order valence-corrected chi connectivity index (χ3v) is 4.92. The maximum Gasteiger partial charge on any atom is 0.107 e. The molecule has 0 aromatic carbocycles. The Bertz CT molecular complexity index is 310. The number of halogens is 1. The molecule has 1 aliphatic rings. The number of hydrogen-bond donors (Lipinski definition) is 0. The molecule has 1 fully saturated rings. The molecule has 0 aliphatic carbocycles. The minimum atomic E-state index is 0.730. The molecule has 1 aliphatic heterocycles. The predicted molar refractivity (Wildman–Crippen MR) is 68.8 cm³/mol. The average Bonchev–Trinajstić information content (AvgIpc) is 2.50. The minimum absolute atomic E-state index is 0.730. The van der Waals surface area contributed by atoms with Gasteiger partial charge in [0.05, 0.1) is 12.2 Å². The van der Waals surface area contributed by atoms with Crippen LogP contribution < -0.4 is 0 Å². The topological polar surface area (TPSA) is 16.1 Å². The second kappa shape index (κ2) is 4.93.